The number of carbonyl (C=O) groups is 2. The maximum absolute atomic E-state index is 12.5. The van der Waals surface area contributed by atoms with Gasteiger partial charge in [0.1, 0.15) is 0 Å². The number of hydrogen-bond donors (Lipinski definition) is 1. The molecule has 2 amide bonds. The fourth-order valence-corrected chi connectivity index (χ4v) is 3.80. The molecule has 0 aliphatic carbocycles. The molecule has 0 unspecified atom stereocenters. The number of nitrogens with zero attached hydrogens (tertiary/aromatic N) is 2. The van der Waals surface area contributed by atoms with Gasteiger partial charge in [0, 0.05) is 29.7 Å². The number of amides is 2. The first-order valence-electron chi connectivity index (χ1n) is 9.14. The average Bonchev–Trinajstić information content (AvgIpc) is 3.17. The molecule has 2 saturated heterocycles. The Balaban J connectivity index is 1.48. The molecule has 6 heteroatoms. The molecule has 1 aromatic carbocycles. The normalized spacial score (nSPS) is 20.5. The molecule has 1 N–H and O–H groups in total. The number of likely N-dealkylation sites (tertiary alicyclic amines) is 2. The summed E-state index contributed by atoms with van der Waals surface area (Å²) in [5, 5.41) is 3.58. The highest BCUT2D eigenvalue weighted by atomic mass is 35.5. The van der Waals surface area contributed by atoms with Crippen LogP contribution in [-0.2, 0) is 9.59 Å². The summed E-state index contributed by atoms with van der Waals surface area (Å²) in [7, 11) is 0. The molecule has 136 valence electrons. The molecular weight excluding hydrogens is 338 g/mol. The van der Waals surface area contributed by atoms with E-state index in [0.29, 0.717) is 10.9 Å². The summed E-state index contributed by atoms with van der Waals surface area (Å²) in [4.78, 5) is 29.1. The van der Waals surface area contributed by atoms with Crippen LogP contribution in [0.1, 0.15) is 32.6 Å². The third-order valence-corrected chi connectivity index (χ3v) is 5.59. The number of halogens is 1. The molecule has 2 aliphatic heterocycles. The largest absolute Gasteiger partial charge is 0.342 e. The number of hydrogen-bond acceptors (Lipinski definition) is 3. The van der Waals surface area contributed by atoms with Crippen molar-refractivity contribution in [2.24, 2.45) is 5.92 Å². The van der Waals surface area contributed by atoms with Crippen molar-refractivity contribution in [1.82, 2.24) is 9.80 Å². The Morgan fingerprint density at radius 3 is 2.28 bits per heavy atom. The molecule has 0 radical (unpaired) electrons. The minimum absolute atomic E-state index is 0.0216. The molecule has 2 aliphatic rings. The maximum Gasteiger partial charge on any atom is 0.241 e. The van der Waals surface area contributed by atoms with Gasteiger partial charge in [-0.25, -0.2) is 0 Å². The van der Waals surface area contributed by atoms with Gasteiger partial charge in [0.2, 0.25) is 11.8 Å². The van der Waals surface area contributed by atoms with Crippen LogP contribution < -0.4 is 5.32 Å². The SMILES string of the molecule is C[C@H](C(=O)Nc1ccc(Cl)cc1)N1CCC(C(=O)N2CCCC2)CC1. The quantitative estimate of drug-likeness (QED) is 0.894. The molecule has 2 fully saturated rings. The highest BCUT2D eigenvalue weighted by Gasteiger charge is 2.32. The third-order valence-electron chi connectivity index (χ3n) is 5.34. The van der Waals surface area contributed by atoms with Crippen LogP contribution in [0.2, 0.25) is 5.02 Å². The Labute approximate surface area is 154 Å². The van der Waals surface area contributed by atoms with E-state index in [-0.39, 0.29) is 17.9 Å². The van der Waals surface area contributed by atoms with Crippen LogP contribution in [0.15, 0.2) is 24.3 Å². The molecule has 1 aromatic rings. The predicted molar refractivity (Wildman–Crippen MR) is 99.7 cm³/mol. The topological polar surface area (TPSA) is 52.7 Å². The van der Waals surface area contributed by atoms with E-state index in [0.717, 1.165) is 57.5 Å². The maximum atomic E-state index is 12.5. The van der Waals surface area contributed by atoms with Gasteiger partial charge in [-0.05, 0) is 70.0 Å². The zero-order valence-electron chi connectivity index (χ0n) is 14.7. The van der Waals surface area contributed by atoms with Gasteiger partial charge < -0.3 is 10.2 Å². The molecule has 2 heterocycles. The lowest BCUT2D eigenvalue weighted by Gasteiger charge is -2.36. The Hall–Kier alpha value is -1.59. The van der Waals surface area contributed by atoms with Crippen LogP contribution in [0.5, 0.6) is 0 Å². The van der Waals surface area contributed by atoms with Crippen LogP contribution in [0.3, 0.4) is 0 Å². The average molecular weight is 364 g/mol. The van der Waals surface area contributed by atoms with Crippen molar-refractivity contribution in [2.75, 3.05) is 31.5 Å². The van der Waals surface area contributed by atoms with Crippen molar-refractivity contribution in [3.8, 4) is 0 Å². The number of benzene rings is 1. The summed E-state index contributed by atoms with van der Waals surface area (Å²) in [6, 6.07) is 6.91. The summed E-state index contributed by atoms with van der Waals surface area (Å²) < 4.78 is 0. The molecule has 25 heavy (non-hydrogen) atoms. The van der Waals surface area contributed by atoms with E-state index in [1.165, 1.54) is 0 Å². The second-order valence-electron chi connectivity index (χ2n) is 7.01. The minimum atomic E-state index is -0.210. The van der Waals surface area contributed by atoms with E-state index in [4.69, 9.17) is 11.6 Å². The standard InChI is InChI=1S/C19H26ClN3O2/c1-14(18(24)21-17-6-4-16(20)5-7-17)22-12-8-15(9-13-22)19(25)23-10-2-3-11-23/h4-7,14-15H,2-3,8-13H2,1H3,(H,21,24)/t14-/m1/s1. The van der Waals surface area contributed by atoms with Gasteiger partial charge in [-0.2, -0.15) is 0 Å². The van der Waals surface area contributed by atoms with E-state index in [9.17, 15) is 9.59 Å². The van der Waals surface area contributed by atoms with Crippen LogP contribution in [0, 0.1) is 5.92 Å². The highest BCUT2D eigenvalue weighted by Crippen LogP contribution is 2.23. The lowest BCUT2D eigenvalue weighted by atomic mass is 9.94. The Morgan fingerprint density at radius 1 is 1.08 bits per heavy atom. The van der Waals surface area contributed by atoms with Crippen molar-refractivity contribution in [1.29, 1.82) is 0 Å². The van der Waals surface area contributed by atoms with Gasteiger partial charge in [0.15, 0.2) is 0 Å². The van der Waals surface area contributed by atoms with Crippen molar-refractivity contribution < 1.29 is 9.59 Å². The molecule has 0 saturated carbocycles. The van der Waals surface area contributed by atoms with E-state index in [1.807, 2.05) is 11.8 Å². The number of anilines is 1. The second-order valence-corrected chi connectivity index (χ2v) is 7.45. The van der Waals surface area contributed by atoms with E-state index in [2.05, 4.69) is 10.2 Å². The third kappa shape index (κ3) is 4.53. The van der Waals surface area contributed by atoms with Crippen molar-refractivity contribution in [2.45, 2.75) is 38.6 Å². The summed E-state index contributed by atoms with van der Waals surface area (Å²) in [5.74, 6) is 0.419. The van der Waals surface area contributed by atoms with E-state index in [1.54, 1.807) is 24.3 Å². The summed E-state index contributed by atoms with van der Waals surface area (Å²) >= 11 is 5.87. The summed E-state index contributed by atoms with van der Waals surface area (Å²) in [6.45, 7) is 5.34. The highest BCUT2D eigenvalue weighted by molar-refractivity contribution is 6.30. The molecule has 3 rings (SSSR count). The Morgan fingerprint density at radius 2 is 1.68 bits per heavy atom. The van der Waals surface area contributed by atoms with Gasteiger partial charge in [0.05, 0.1) is 6.04 Å². The van der Waals surface area contributed by atoms with E-state index >= 15 is 0 Å². The van der Waals surface area contributed by atoms with E-state index < -0.39 is 0 Å². The van der Waals surface area contributed by atoms with Gasteiger partial charge in [0.25, 0.3) is 0 Å². The second kappa shape index (κ2) is 8.19. The smallest absolute Gasteiger partial charge is 0.241 e. The first-order chi connectivity index (χ1) is 12.0. The van der Waals surface area contributed by atoms with Gasteiger partial charge in [-0.1, -0.05) is 11.6 Å². The monoisotopic (exact) mass is 363 g/mol. The Bertz CT molecular complexity index is 606. The number of carbonyl (C=O) groups excluding carboxylic acids is 2. The number of rotatable bonds is 4. The summed E-state index contributed by atoms with van der Waals surface area (Å²) in [5.41, 5.74) is 0.750. The first-order valence-corrected chi connectivity index (χ1v) is 9.51. The fraction of sp³-hybridized carbons (Fsp3) is 0.579. The molecule has 5 nitrogen and oxygen atoms in total. The molecular formula is C19H26ClN3O2. The van der Waals surface area contributed by atoms with Crippen LogP contribution in [-0.4, -0.2) is 53.8 Å². The van der Waals surface area contributed by atoms with Gasteiger partial charge >= 0.3 is 0 Å². The molecule has 0 spiro atoms. The van der Waals surface area contributed by atoms with Gasteiger partial charge in [-0.15, -0.1) is 0 Å². The zero-order valence-corrected chi connectivity index (χ0v) is 15.5. The predicted octanol–water partition coefficient (Wildman–Crippen LogP) is 3.00. The van der Waals surface area contributed by atoms with Crippen molar-refractivity contribution in [3.63, 3.8) is 0 Å². The fourth-order valence-electron chi connectivity index (χ4n) is 3.68. The lowest BCUT2D eigenvalue weighted by molar-refractivity contribution is -0.136. The molecule has 1 atom stereocenters. The van der Waals surface area contributed by atoms with Crippen molar-refractivity contribution in [3.05, 3.63) is 29.3 Å². The Kier molecular flexibility index (Phi) is 5.97. The first kappa shape index (κ1) is 18.2. The minimum Gasteiger partial charge on any atom is -0.342 e. The number of nitrogens with one attached hydrogen (secondary N) is 1. The van der Waals surface area contributed by atoms with Crippen LogP contribution >= 0.6 is 11.6 Å². The zero-order chi connectivity index (χ0) is 17.8. The molecule has 0 bridgehead atoms. The van der Waals surface area contributed by atoms with Crippen LogP contribution in [0.4, 0.5) is 5.69 Å². The van der Waals surface area contributed by atoms with Gasteiger partial charge in [-0.3, -0.25) is 14.5 Å². The summed E-state index contributed by atoms with van der Waals surface area (Å²) in [6.07, 6.45) is 3.95. The van der Waals surface area contributed by atoms with Crippen molar-refractivity contribution >= 4 is 29.1 Å². The van der Waals surface area contributed by atoms with Crippen LogP contribution in [0.25, 0.3) is 0 Å². The molecule has 0 aromatic heterocycles. The lowest BCUT2D eigenvalue weighted by Crippen LogP contribution is -2.48. The number of piperidine rings is 1.